The van der Waals surface area contributed by atoms with Gasteiger partial charge in [-0.2, -0.15) is 0 Å². The first-order valence-electron chi connectivity index (χ1n) is 9.49. The Kier molecular flexibility index (Phi) is 3.85. The molecule has 1 aromatic rings. The van der Waals surface area contributed by atoms with Gasteiger partial charge >= 0.3 is 0 Å². The highest BCUT2D eigenvalue weighted by atomic mass is 16.5. The number of nitrogens with one attached hydrogen (secondary N) is 1. The summed E-state index contributed by atoms with van der Waals surface area (Å²) in [7, 11) is 0. The predicted octanol–water partition coefficient (Wildman–Crippen LogP) is 4.16. The molecule has 1 aromatic carbocycles. The zero-order valence-corrected chi connectivity index (χ0v) is 15.1. The van der Waals surface area contributed by atoms with Gasteiger partial charge in [-0.25, -0.2) is 0 Å². The molecule has 1 atom stereocenters. The van der Waals surface area contributed by atoms with Crippen molar-refractivity contribution in [3.05, 3.63) is 29.3 Å². The van der Waals surface area contributed by atoms with Crippen LogP contribution in [-0.2, 0) is 4.79 Å². The maximum atomic E-state index is 12.8. The molecular weight excluding hydrogens is 298 g/mol. The molecule has 0 unspecified atom stereocenters. The van der Waals surface area contributed by atoms with Gasteiger partial charge in [0.1, 0.15) is 5.75 Å². The van der Waals surface area contributed by atoms with Crippen LogP contribution in [0.1, 0.15) is 56.6 Å². The lowest BCUT2D eigenvalue weighted by Crippen LogP contribution is -2.61. The number of benzene rings is 1. The highest BCUT2D eigenvalue weighted by Gasteiger charge is 2.51. The molecule has 0 aliphatic heterocycles. The third-order valence-corrected chi connectivity index (χ3v) is 6.65. The van der Waals surface area contributed by atoms with E-state index in [1.54, 1.807) is 0 Å². The lowest BCUT2D eigenvalue weighted by atomic mass is 9.53. The van der Waals surface area contributed by atoms with E-state index in [9.17, 15) is 4.79 Å². The number of hydrogen-bond donors (Lipinski definition) is 1. The van der Waals surface area contributed by atoms with Crippen molar-refractivity contribution in [2.45, 2.75) is 70.9 Å². The van der Waals surface area contributed by atoms with Gasteiger partial charge < -0.3 is 10.1 Å². The third kappa shape index (κ3) is 2.82. The number of carbonyl (C=O) groups is 1. The first-order chi connectivity index (χ1) is 11.4. The molecule has 4 bridgehead atoms. The van der Waals surface area contributed by atoms with Gasteiger partial charge in [-0.1, -0.05) is 12.1 Å². The average molecular weight is 327 g/mol. The number of rotatable bonds is 4. The van der Waals surface area contributed by atoms with E-state index < -0.39 is 6.10 Å². The van der Waals surface area contributed by atoms with Crippen LogP contribution in [0.2, 0.25) is 0 Å². The highest BCUT2D eigenvalue weighted by Crippen LogP contribution is 2.55. The first kappa shape index (κ1) is 16.0. The summed E-state index contributed by atoms with van der Waals surface area (Å²) in [6, 6.07) is 6.01. The number of ether oxygens (including phenoxy) is 1. The summed E-state index contributed by atoms with van der Waals surface area (Å²) in [4.78, 5) is 12.8. The summed E-state index contributed by atoms with van der Waals surface area (Å²) >= 11 is 0. The van der Waals surface area contributed by atoms with Crippen LogP contribution in [0.5, 0.6) is 5.75 Å². The second-order valence-electron chi connectivity index (χ2n) is 8.65. The summed E-state index contributed by atoms with van der Waals surface area (Å²) < 4.78 is 5.99. The Balaban J connectivity index is 1.43. The number of carbonyl (C=O) groups excluding carboxylic acids is 1. The van der Waals surface area contributed by atoms with Gasteiger partial charge in [0.25, 0.3) is 5.91 Å². The van der Waals surface area contributed by atoms with Gasteiger partial charge in [-0.3, -0.25) is 4.79 Å². The van der Waals surface area contributed by atoms with Crippen LogP contribution in [0.15, 0.2) is 18.2 Å². The van der Waals surface area contributed by atoms with E-state index in [1.807, 2.05) is 26.0 Å². The minimum atomic E-state index is -0.446. The van der Waals surface area contributed by atoms with Crippen molar-refractivity contribution >= 4 is 5.91 Å². The summed E-state index contributed by atoms with van der Waals surface area (Å²) in [5.74, 6) is 3.39. The van der Waals surface area contributed by atoms with Gasteiger partial charge in [0.15, 0.2) is 6.10 Å². The molecule has 1 N–H and O–H groups in total. The van der Waals surface area contributed by atoms with E-state index >= 15 is 0 Å². The maximum Gasteiger partial charge on any atom is 0.261 e. The van der Waals surface area contributed by atoms with Crippen molar-refractivity contribution in [2.75, 3.05) is 0 Å². The monoisotopic (exact) mass is 327 g/mol. The zero-order valence-electron chi connectivity index (χ0n) is 15.1. The predicted molar refractivity (Wildman–Crippen MR) is 95.1 cm³/mol. The molecule has 0 radical (unpaired) electrons. The lowest BCUT2D eigenvalue weighted by molar-refractivity contribution is -0.133. The number of hydrogen-bond acceptors (Lipinski definition) is 2. The fraction of sp³-hybridized carbons (Fsp3) is 0.667. The van der Waals surface area contributed by atoms with Gasteiger partial charge in [-0.05, 0) is 94.2 Å². The van der Waals surface area contributed by atoms with Crippen molar-refractivity contribution in [3.8, 4) is 5.75 Å². The molecule has 0 saturated heterocycles. The molecule has 0 heterocycles. The summed E-state index contributed by atoms with van der Waals surface area (Å²) in [5.41, 5.74) is 2.37. The first-order valence-corrected chi connectivity index (χ1v) is 9.49. The van der Waals surface area contributed by atoms with E-state index in [1.165, 1.54) is 44.1 Å². The van der Waals surface area contributed by atoms with Gasteiger partial charge in [0, 0.05) is 5.54 Å². The van der Waals surface area contributed by atoms with E-state index in [-0.39, 0.29) is 11.4 Å². The van der Waals surface area contributed by atoms with E-state index in [0.29, 0.717) is 0 Å². The molecule has 4 aliphatic rings. The Morgan fingerprint density at radius 2 is 1.71 bits per heavy atom. The molecule has 24 heavy (non-hydrogen) atoms. The fourth-order valence-corrected chi connectivity index (χ4v) is 5.72. The second-order valence-corrected chi connectivity index (χ2v) is 8.65. The van der Waals surface area contributed by atoms with Gasteiger partial charge in [-0.15, -0.1) is 0 Å². The molecule has 3 nitrogen and oxygen atoms in total. The lowest BCUT2D eigenvalue weighted by Gasteiger charge is -2.57. The standard InChI is InChI=1S/C21H29NO2/c1-13-5-4-6-19(14(13)2)24-15(3)20(23)22-21-10-16-7-17(11-21)9-18(8-16)12-21/h4-6,15-18H,7-12H2,1-3H3,(H,22,23)/t15-,16?,17?,18?,21?/m1/s1. The van der Waals surface area contributed by atoms with Gasteiger partial charge in [0.2, 0.25) is 0 Å². The molecule has 4 aliphatic carbocycles. The summed E-state index contributed by atoms with van der Waals surface area (Å²) in [6.45, 7) is 5.99. The van der Waals surface area contributed by atoms with Crippen LogP contribution in [0.4, 0.5) is 0 Å². The van der Waals surface area contributed by atoms with E-state index in [2.05, 4.69) is 18.3 Å². The Morgan fingerprint density at radius 3 is 2.29 bits per heavy atom. The molecule has 3 heteroatoms. The largest absolute Gasteiger partial charge is 0.481 e. The number of amides is 1. The molecule has 4 fully saturated rings. The molecular formula is C21H29NO2. The Labute approximate surface area is 145 Å². The van der Waals surface area contributed by atoms with Crippen molar-refractivity contribution in [1.82, 2.24) is 5.32 Å². The molecule has 130 valence electrons. The van der Waals surface area contributed by atoms with Crippen LogP contribution in [-0.4, -0.2) is 17.6 Å². The highest BCUT2D eigenvalue weighted by molar-refractivity contribution is 5.81. The van der Waals surface area contributed by atoms with Crippen molar-refractivity contribution < 1.29 is 9.53 Å². The Bertz CT molecular complexity index is 616. The summed E-state index contributed by atoms with van der Waals surface area (Å²) in [5, 5.41) is 3.41. The molecule has 4 saturated carbocycles. The smallest absolute Gasteiger partial charge is 0.261 e. The molecule has 5 rings (SSSR count). The maximum absolute atomic E-state index is 12.8. The average Bonchev–Trinajstić information content (AvgIpc) is 2.50. The van der Waals surface area contributed by atoms with Crippen molar-refractivity contribution in [3.63, 3.8) is 0 Å². The zero-order chi connectivity index (χ0) is 16.9. The van der Waals surface area contributed by atoms with Crippen LogP contribution in [0.25, 0.3) is 0 Å². The second kappa shape index (κ2) is 5.79. The van der Waals surface area contributed by atoms with Gasteiger partial charge in [0.05, 0.1) is 0 Å². The minimum Gasteiger partial charge on any atom is -0.481 e. The van der Waals surface area contributed by atoms with Crippen LogP contribution >= 0.6 is 0 Å². The van der Waals surface area contributed by atoms with E-state index in [4.69, 9.17) is 4.74 Å². The van der Waals surface area contributed by atoms with Crippen molar-refractivity contribution in [2.24, 2.45) is 17.8 Å². The minimum absolute atomic E-state index is 0.0536. The van der Waals surface area contributed by atoms with Crippen LogP contribution < -0.4 is 10.1 Å². The Morgan fingerprint density at radius 1 is 1.12 bits per heavy atom. The number of aryl methyl sites for hydroxylation is 1. The third-order valence-electron chi connectivity index (χ3n) is 6.65. The SMILES string of the molecule is Cc1cccc(O[C@H](C)C(=O)NC23CC4CC(CC(C4)C2)C3)c1C. The van der Waals surface area contributed by atoms with Crippen LogP contribution in [0.3, 0.4) is 0 Å². The van der Waals surface area contributed by atoms with Crippen molar-refractivity contribution in [1.29, 1.82) is 0 Å². The molecule has 1 amide bonds. The van der Waals surface area contributed by atoms with E-state index in [0.717, 1.165) is 29.1 Å². The quantitative estimate of drug-likeness (QED) is 0.902. The molecule has 0 spiro atoms. The fourth-order valence-electron chi connectivity index (χ4n) is 5.72. The van der Waals surface area contributed by atoms with Crippen LogP contribution in [0, 0.1) is 31.6 Å². The molecule has 0 aromatic heterocycles. The normalized spacial score (nSPS) is 34.9. The Hall–Kier alpha value is -1.51. The topological polar surface area (TPSA) is 38.3 Å². The summed E-state index contributed by atoms with van der Waals surface area (Å²) in [6.07, 6.45) is 7.28.